The van der Waals surface area contributed by atoms with E-state index in [1.807, 2.05) is 19.1 Å². The number of furan rings is 1. The summed E-state index contributed by atoms with van der Waals surface area (Å²) in [7, 11) is 1.58. The van der Waals surface area contributed by atoms with Crippen LogP contribution in [0.1, 0.15) is 11.5 Å². The number of hydrogen-bond donors (Lipinski definition) is 1. The first-order chi connectivity index (χ1) is 7.78. The van der Waals surface area contributed by atoms with Gasteiger partial charge >= 0.3 is 0 Å². The van der Waals surface area contributed by atoms with Crippen molar-refractivity contribution in [3.8, 4) is 5.88 Å². The Morgan fingerprint density at radius 2 is 2.31 bits per heavy atom. The molecule has 0 fully saturated rings. The number of methoxy groups -OCH3 is 1. The van der Waals surface area contributed by atoms with Gasteiger partial charge in [0.05, 0.1) is 19.9 Å². The van der Waals surface area contributed by atoms with Gasteiger partial charge in [0.15, 0.2) is 0 Å². The highest BCUT2D eigenvalue weighted by molar-refractivity contribution is 5.30. The quantitative estimate of drug-likeness (QED) is 0.852. The molecular formula is C11H13N3O2. The number of ether oxygens (including phenoxy) is 1. The number of aromatic nitrogens is 2. The zero-order chi connectivity index (χ0) is 11.4. The molecule has 5 heteroatoms. The molecule has 2 heterocycles. The van der Waals surface area contributed by atoms with E-state index >= 15 is 0 Å². The van der Waals surface area contributed by atoms with E-state index in [0.717, 1.165) is 11.5 Å². The van der Waals surface area contributed by atoms with Gasteiger partial charge in [-0.1, -0.05) is 0 Å². The van der Waals surface area contributed by atoms with E-state index in [0.29, 0.717) is 18.4 Å². The van der Waals surface area contributed by atoms with Crippen LogP contribution in [0.4, 0.5) is 5.95 Å². The van der Waals surface area contributed by atoms with E-state index in [2.05, 4.69) is 15.3 Å². The molecule has 0 aliphatic carbocycles. The van der Waals surface area contributed by atoms with Gasteiger partial charge in [0, 0.05) is 11.8 Å². The van der Waals surface area contributed by atoms with Crippen LogP contribution in [-0.4, -0.2) is 17.1 Å². The van der Waals surface area contributed by atoms with Gasteiger partial charge in [0.2, 0.25) is 11.8 Å². The Labute approximate surface area is 93.5 Å². The molecule has 2 aromatic heterocycles. The van der Waals surface area contributed by atoms with Crippen LogP contribution in [0, 0.1) is 6.92 Å². The number of aryl methyl sites for hydroxylation is 1. The lowest BCUT2D eigenvalue weighted by molar-refractivity contribution is 0.397. The van der Waals surface area contributed by atoms with Gasteiger partial charge in [-0.2, -0.15) is 4.98 Å². The minimum atomic E-state index is 0.535. The van der Waals surface area contributed by atoms with Crippen molar-refractivity contribution in [3.05, 3.63) is 35.9 Å². The molecule has 0 saturated heterocycles. The van der Waals surface area contributed by atoms with Gasteiger partial charge in [0.25, 0.3) is 0 Å². The van der Waals surface area contributed by atoms with Crippen LogP contribution in [-0.2, 0) is 6.54 Å². The Bertz CT molecular complexity index is 454. The summed E-state index contributed by atoms with van der Waals surface area (Å²) in [5.41, 5.74) is 0.855. The van der Waals surface area contributed by atoms with Crippen molar-refractivity contribution in [2.24, 2.45) is 0 Å². The van der Waals surface area contributed by atoms with Crippen molar-refractivity contribution < 1.29 is 9.15 Å². The number of nitrogens with zero attached hydrogens (tertiary/aromatic N) is 2. The minimum Gasteiger partial charge on any atom is -0.481 e. The zero-order valence-electron chi connectivity index (χ0n) is 9.23. The Balaban J connectivity index is 2.06. The normalized spacial score (nSPS) is 10.1. The largest absolute Gasteiger partial charge is 0.481 e. The van der Waals surface area contributed by atoms with Crippen LogP contribution < -0.4 is 10.1 Å². The molecular weight excluding hydrogens is 206 g/mol. The lowest BCUT2D eigenvalue weighted by atomic mass is 10.4. The topological polar surface area (TPSA) is 60.2 Å². The first-order valence-electron chi connectivity index (χ1n) is 4.94. The molecule has 0 aliphatic rings. The van der Waals surface area contributed by atoms with E-state index in [1.54, 1.807) is 19.4 Å². The second kappa shape index (κ2) is 4.65. The molecule has 0 radical (unpaired) electrons. The van der Waals surface area contributed by atoms with Gasteiger partial charge < -0.3 is 14.5 Å². The van der Waals surface area contributed by atoms with Crippen LogP contribution in [0.25, 0.3) is 0 Å². The zero-order valence-corrected chi connectivity index (χ0v) is 9.23. The van der Waals surface area contributed by atoms with Crippen molar-refractivity contribution in [2.75, 3.05) is 12.4 Å². The smallest absolute Gasteiger partial charge is 0.226 e. The highest BCUT2D eigenvalue weighted by atomic mass is 16.5. The predicted octanol–water partition coefficient (Wildman–Crippen LogP) is 2.00. The molecule has 0 atom stereocenters. The Morgan fingerprint density at radius 3 is 3.00 bits per heavy atom. The van der Waals surface area contributed by atoms with Crippen LogP contribution in [0.5, 0.6) is 5.88 Å². The summed E-state index contributed by atoms with van der Waals surface area (Å²) >= 11 is 0. The lowest BCUT2D eigenvalue weighted by Gasteiger charge is -2.05. The van der Waals surface area contributed by atoms with Crippen molar-refractivity contribution in [3.63, 3.8) is 0 Å². The molecule has 2 rings (SSSR count). The fraction of sp³-hybridized carbons (Fsp3) is 0.273. The van der Waals surface area contributed by atoms with Gasteiger partial charge in [-0.15, -0.1) is 0 Å². The molecule has 84 valence electrons. The summed E-state index contributed by atoms with van der Waals surface area (Å²) in [6.07, 6.45) is 1.63. The van der Waals surface area contributed by atoms with E-state index in [4.69, 9.17) is 9.15 Å². The minimum absolute atomic E-state index is 0.535. The second-order valence-corrected chi connectivity index (χ2v) is 3.31. The van der Waals surface area contributed by atoms with E-state index in [9.17, 15) is 0 Å². The summed E-state index contributed by atoms with van der Waals surface area (Å²) in [6.45, 7) is 2.45. The molecule has 1 N–H and O–H groups in total. The molecule has 0 aromatic carbocycles. The van der Waals surface area contributed by atoms with Gasteiger partial charge in [0.1, 0.15) is 5.76 Å². The maximum absolute atomic E-state index is 5.19. The molecule has 0 amide bonds. The average Bonchev–Trinajstić information content (AvgIpc) is 2.78. The Hall–Kier alpha value is -2.04. The standard InChI is InChI=1S/C11H13N3O2/c1-8-6-10(15-2)14-11(13-8)12-7-9-4-3-5-16-9/h3-6H,7H2,1-2H3,(H,12,13,14). The third-order valence-corrected chi connectivity index (χ3v) is 2.04. The lowest BCUT2D eigenvalue weighted by Crippen LogP contribution is -2.04. The van der Waals surface area contributed by atoms with Gasteiger partial charge in [-0.05, 0) is 19.1 Å². The van der Waals surface area contributed by atoms with Crippen molar-refractivity contribution >= 4 is 5.95 Å². The SMILES string of the molecule is COc1cc(C)nc(NCc2ccco2)n1. The number of hydrogen-bond acceptors (Lipinski definition) is 5. The summed E-state index contributed by atoms with van der Waals surface area (Å²) in [5, 5.41) is 3.07. The van der Waals surface area contributed by atoms with Gasteiger partial charge in [-0.25, -0.2) is 4.98 Å². The summed E-state index contributed by atoms with van der Waals surface area (Å²) in [4.78, 5) is 8.40. The molecule has 0 aliphatic heterocycles. The molecule has 0 unspecified atom stereocenters. The number of nitrogens with one attached hydrogen (secondary N) is 1. The number of anilines is 1. The molecule has 16 heavy (non-hydrogen) atoms. The first-order valence-corrected chi connectivity index (χ1v) is 4.94. The van der Waals surface area contributed by atoms with Gasteiger partial charge in [-0.3, -0.25) is 0 Å². The highest BCUT2D eigenvalue weighted by Crippen LogP contribution is 2.12. The Kier molecular flexibility index (Phi) is 3.05. The molecule has 0 saturated carbocycles. The maximum atomic E-state index is 5.19. The van der Waals surface area contributed by atoms with E-state index < -0.39 is 0 Å². The van der Waals surface area contributed by atoms with Crippen LogP contribution >= 0.6 is 0 Å². The third-order valence-electron chi connectivity index (χ3n) is 2.04. The van der Waals surface area contributed by atoms with Crippen LogP contribution in [0.2, 0.25) is 0 Å². The van der Waals surface area contributed by atoms with Crippen molar-refractivity contribution in [1.82, 2.24) is 9.97 Å². The average molecular weight is 219 g/mol. The van der Waals surface area contributed by atoms with E-state index in [-0.39, 0.29) is 0 Å². The third kappa shape index (κ3) is 2.50. The monoisotopic (exact) mass is 219 g/mol. The molecule has 2 aromatic rings. The van der Waals surface area contributed by atoms with E-state index in [1.165, 1.54) is 0 Å². The highest BCUT2D eigenvalue weighted by Gasteiger charge is 2.02. The number of rotatable bonds is 4. The maximum Gasteiger partial charge on any atom is 0.226 e. The van der Waals surface area contributed by atoms with Crippen LogP contribution in [0.3, 0.4) is 0 Å². The fourth-order valence-corrected chi connectivity index (χ4v) is 1.30. The molecule has 0 spiro atoms. The predicted molar refractivity (Wildman–Crippen MR) is 59.4 cm³/mol. The van der Waals surface area contributed by atoms with Crippen LogP contribution in [0.15, 0.2) is 28.9 Å². The summed E-state index contributed by atoms with van der Waals surface area (Å²) < 4.78 is 10.3. The molecule has 5 nitrogen and oxygen atoms in total. The molecule has 0 bridgehead atoms. The summed E-state index contributed by atoms with van der Waals surface area (Å²) in [5.74, 6) is 1.92. The fourth-order valence-electron chi connectivity index (χ4n) is 1.30. The second-order valence-electron chi connectivity index (χ2n) is 3.31. The van der Waals surface area contributed by atoms with Crippen molar-refractivity contribution in [1.29, 1.82) is 0 Å². The first kappa shape index (κ1) is 10.5. The Morgan fingerprint density at radius 1 is 1.44 bits per heavy atom. The van der Waals surface area contributed by atoms with Crippen molar-refractivity contribution in [2.45, 2.75) is 13.5 Å². The summed E-state index contributed by atoms with van der Waals surface area (Å²) in [6, 6.07) is 5.51.